The van der Waals surface area contributed by atoms with Gasteiger partial charge in [0.1, 0.15) is 29.2 Å². The molecule has 10 nitrogen and oxygen atoms in total. The molecule has 4 rings (SSSR count). The van der Waals surface area contributed by atoms with Gasteiger partial charge in [0.15, 0.2) is 12.4 Å². The molecule has 0 atom stereocenters. The summed E-state index contributed by atoms with van der Waals surface area (Å²) >= 11 is 0. The Bertz CT molecular complexity index is 1450. The molecule has 1 amide bonds. The van der Waals surface area contributed by atoms with Gasteiger partial charge in [-0.3, -0.25) is 9.59 Å². The third kappa shape index (κ3) is 5.98. The van der Waals surface area contributed by atoms with Crippen molar-refractivity contribution in [2.75, 3.05) is 13.7 Å². The molecule has 0 saturated heterocycles. The molecule has 3 aromatic carbocycles. The van der Waals surface area contributed by atoms with Gasteiger partial charge in [0.25, 0.3) is 11.5 Å². The third-order valence-corrected chi connectivity index (χ3v) is 5.18. The molecule has 0 aliphatic rings. The van der Waals surface area contributed by atoms with Crippen molar-refractivity contribution in [2.24, 2.45) is 0 Å². The van der Waals surface area contributed by atoms with E-state index in [1.165, 1.54) is 0 Å². The Morgan fingerprint density at radius 2 is 1.75 bits per heavy atom. The van der Waals surface area contributed by atoms with Crippen LogP contribution in [0.5, 0.6) is 17.2 Å². The summed E-state index contributed by atoms with van der Waals surface area (Å²) in [6.45, 7) is -0.0374. The van der Waals surface area contributed by atoms with Gasteiger partial charge in [0.2, 0.25) is 0 Å². The summed E-state index contributed by atoms with van der Waals surface area (Å²) in [5.41, 5.74) is 1.44. The number of nitrogens with one attached hydrogen (secondary N) is 2. The van der Waals surface area contributed by atoms with E-state index in [-0.39, 0.29) is 24.4 Å². The standard InChI is InChI=1S/C26H23N3O7/c1-34-19-5-2-4-17(12-19)13-27-26(33)24-28-20-6-3-7-21(23(20)25(32)29-24)36-14-16-8-10-18(11-9-16)35-15-22(30)31/h2-12H,13-15H2,1H3,(H,27,33)(H,30,31)(H,28,29,32). The third-order valence-electron chi connectivity index (χ3n) is 5.18. The number of hydrogen-bond acceptors (Lipinski definition) is 7. The van der Waals surface area contributed by atoms with E-state index in [1.807, 2.05) is 12.1 Å². The Balaban J connectivity index is 1.45. The number of carboxylic acids is 1. The maximum atomic E-state index is 12.8. The lowest BCUT2D eigenvalue weighted by atomic mass is 10.2. The van der Waals surface area contributed by atoms with E-state index in [1.54, 1.807) is 61.7 Å². The van der Waals surface area contributed by atoms with Crippen LogP contribution in [-0.2, 0) is 17.9 Å². The van der Waals surface area contributed by atoms with Gasteiger partial charge < -0.3 is 29.6 Å². The first-order valence-corrected chi connectivity index (χ1v) is 10.9. The zero-order valence-corrected chi connectivity index (χ0v) is 19.3. The number of aromatic amines is 1. The van der Waals surface area contributed by atoms with E-state index in [4.69, 9.17) is 19.3 Å². The summed E-state index contributed by atoms with van der Waals surface area (Å²) in [5.74, 6) is -0.276. The van der Waals surface area contributed by atoms with Crippen molar-refractivity contribution in [2.45, 2.75) is 13.2 Å². The molecule has 0 saturated carbocycles. The number of aliphatic carboxylic acids is 1. The number of hydrogen-bond donors (Lipinski definition) is 3. The van der Waals surface area contributed by atoms with Crippen LogP contribution in [0.15, 0.2) is 71.5 Å². The molecule has 36 heavy (non-hydrogen) atoms. The Kier molecular flexibility index (Phi) is 7.45. The van der Waals surface area contributed by atoms with E-state index in [0.29, 0.717) is 22.8 Å². The second-order valence-corrected chi connectivity index (χ2v) is 7.71. The Labute approximate surface area is 205 Å². The molecular weight excluding hydrogens is 466 g/mol. The number of nitrogens with zero attached hydrogens (tertiary/aromatic N) is 1. The second-order valence-electron chi connectivity index (χ2n) is 7.71. The number of amides is 1. The minimum atomic E-state index is -1.06. The van der Waals surface area contributed by atoms with E-state index in [0.717, 1.165) is 11.1 Å². The predicted molar refractivity (Wildman–Crippen MR) is 130 cm³/mol. The molecular formula is C26H23N3O7. The minimum Gasteiger partial charge on any atom is -0.497 e. The molecule has 1 heterocycles. The highest BCUT2D eigenvalue weighted by Gasteiger charge is 2.14. The quantitative estimate of drug-likeness (QED) is 0.309. The second kappa shape index (κ2) is 11.0. The van der Waals surface area contributed by atoms with Gasteiger partial charge in [-0.25, -0.2) is 9.78 Å². The molecule has 0 radical (unpaired) electrons. The van der Waals surface area contributed by atoms with E-state index < -0.39 is 24.0 Å². The zero-order chi connectivity index (χ0) is 25.5. The van der Waals surface area contributed by atoms with Crippen LogP contribution in [0.3, 0.4) is 0 Å². The van der Waals surface area contributed by atoms with Gasteiger partial charge in [-0.2, -0.15) is 0 Å². The molecule has 1 aromatic heterocycles. The van der Waals surface area contributed by atoms with Gasteiger partial charge in [-0.15, -0.1) is 0 Å². The number of H-pyrrole nitrogens is 1. The number of benzene rings is 3. The number of methoxy groups -OCH3 is 1. The van der Waals surface area contributed by atoms with Crippen molar-refractivity contribution < 1.29 is 28.9 Å². The number of rotatable bonds is 10. The van der Waals surface area contributed by atoms with Crippen molar-refractivity contribution >= 4 is 22.8 Å². The molecule has 0 aliphatic heterocycles. The summed E-state index contributed by atoms with van der Waals surface area (Å²) in [5, 5.41) is 11.6. The molecule has 0 bridgehead atoms. The van der Waals surface area contributed by atoms with Crippen LogP contribution in [0.25, 0.3) is 10.9 Å². The Hall–Kier alpha value is -4.86. The Morgan fingerprint density at radius 3 is 2.50 bits per heavy atom. The lowest BCUT2D eigenvalue weighted by Crippen LogP contribution is -2.27. The average Bonchev–Trinajstić information content (AvgIpc) is 2.89. The molecule has 184 valence electrons. The number of ether oxygens (including phenoxy) is 3. The van der Waals surface area contributed by atoms with Crippen molar-refractivity contribution in [1.29, 1.82) is 0 Å². The molecule has 3 N–H and O–H groups in total. The fourth-order valence-electron chi connectivity index (χ4n) is 3.42. The van der Waals surface area contributed by atoms with Crippen LogP contribution < -0.4 is 25.1 Å². The first-order valence-electron chi connectivity index (χ1n) is 10.9. The normalized spacial score (nSPS) is 10.6. The van der Waals surface area contributed by atoms with Crippen LogP contribution in [0, 0.1) is 0 Å². The fraction of sp³-hybridized carbons (Fsp3) is 0.154. The smallest absolute Gasteiger partial charge is 0.341 e. The van der Waals surface area contributed by atoms with Crippen LogP contribution in [0.4, 0.5) is 0 Å². The maximum absolute atomic E-state index is 12.8. The van der Waals surface area contributed by atoms with Gasteiger partial charge in [0, 0.05) is 6.54 Å². The molecule has 0 fully saturated rings. The van der Waals surface area contributed by atoms with Gasteiger partial charge in [-0.1, -0.05) is 30.3 Å². The molecule has 0 aliphatic carbocycles. The monoisotopic (exact) mass is 489 g/mol. The van der Waals surface area contributed by atoms with Crippen LogP contribution in [0.2, 0.25) is 0 Å². The first kappa shape index (κ1) is 24.3. The molecule has 10 heteroatoms. The van der Waals surface area contributed by atoms with E-state index in [9.17, 15) is 14.4 Å². The first-order chi connectivity index (χ1) is 17.4. The zero-order valence-electron chi connectivity index (χ0n) is 19.3. The maximum Gasteiger partial charge on any atom is 0.341 e. The van der Waals surface area contributed by atoms with Crippen molar-refractivity contribution in [3.8, 4) is 17.2 Å². The number of carbonyl (C=O) groups is 2. The van der Waals surface area contributed by atoms with Gasteiger partial charge in [-0.05, 0) is 47.5 Å². The lowest BCUT2D eigenvalue weighted by molar-refractivity contribution is -0.139. The van der Waals surface area contributed by atoms with E-state index in [2.05, 4.69) is 15.3 Å². The number of carbonyl (C=O) groups excluding carboxylic acids is 1. The highest BCUT2D eigenvalue weighted by atomic mass is 16.5. The lowest BCUT2D eigenvalue weighted by Gasteiger charge is -2.11. The predicted octanol–water partition coefficient (Wildman–Crippen LogP) is 2.90. The van der Waals surface area contributed by atoms with Crippen LogP contribution in [0.1, 0.15) is 21.7 Å². The van der Waals surface area contributed by atoms with Crippen LogP contribution >= 0.6 is 0 Å². The van der Waals surface area contributed by atoms with E-state index >= 15 is 0 Å². The molecule has 0 unspecified atom stereocenters. The topological polar surface area (TPSA) is 140 Å². The summed E-state index contributed by atoms with van der Waals surface area (Å²) in [4.78, 5) is 42.9. The van der Waals surface area contributed by atoms with Crippen molar-refractivity contribution in [3.05, 3.63) is 94.0 Å². The summed E-state index contributed by atoms with van der Waals surface area (Å²) in [6.07, 6.45) is 0. The highest BCUT2D eigenvalue weighted by molar-refractivity contribution is 5.93. The minimum absolute atomic E-state index is 0.107. The summed E-state index contributed by atoms with van der Waals surface area (Å²) in [6, 6.07) is 19.0. The summed E-state index contributed by atoms with van der Waals surface area (Å²) in [7, 11) is 1.56. The number of aromatic nitrogens is 2. The number of fused-ring (bicyclic) bond motifs is 1. The Morgan fingerprint density at radius 1 is 0.972 bits per heavy atom. The largest absolute Gasteiger partial charge is 0.497 e. The summed E-state index contributed by atoms with van der Waals surface area (Å²) < 4.78 is 16.1. The van der Waals surface area contributed by atoms with Gasteiger partial charge in [0.05, 0.1) is 12.6 Å². The van der Waals surface area contributed by atoms with Gasteiger partial charge >= 0.3 is 5.97 Å². The molecule has 0 spiro atoms. The highest BCUT2D eigenvalue weighted by Crippen LogP contribution is 2.22. The average molecular weight is 489 g/mol. The fourth-order valence-corrected chi connectivity index (χ4v) is 3.42. The van der Waals surface area contributed by atoms with Crippen LogP contribution in [-0.4, -0.2) is 40.7 Å². The molecule has 4 aromatic rings. The number of carboxylic acid groups (broad SMARTS) is 1. The van der Waals surface area contributed by atoms with Crippen molar-refractivity contribution in [3.63, 3.8) is 0 Å². The SMILES string of the molecule is COc1cccc(CNC(=O)c2nc3cccc(OCc4ccc(OCC(=O)O)cc4)c3c(=O)[nH]2)c1. The van der Waals surface area contributed by atoms with Crippen molar-refractivity contribution in [1.82, 2.24) is 15.3 Å².